The molecule has 3 heterocycles. The number of rotatable bonds is 3. The lowest BCUT2D eigenvalue weighted by Crippen LogP contribution is -2.39. The monoisotopic (exact) mass is 628 g/mol. The number of hydrogen-bond donors (Lipinski definition) is 4. The van der Waals surface area contributed by atoms with Gasteiger partial charge in [-0.25, -0.2) is 4.98 Å². The van der Waals surface area contributed by atoms with Crippen LogP contribution in [0.2, 0.25) is 5.02 Å². The molecule has 2 aromatic carbocycles. The van der Waals surface area contributed by atoms with Crippen LogP contribution in [0, 0.1) is 5.92 Å². The number of benzene rings is 2. The molecule has 2 aliphatic heterocycles. The summed E-state index contributed by atoms with van der Waals surface area (Å²) in [5.74, 6) is -5.74. The van der Waals surface area contributed by atoms with Gasteiger partial charge in [0.05, 0.1) is 12.1 Å². The number of fused-ring (bicyclic) bond motifs is 6. The molecule has 0 spiro atoms. The van der Waals surface area contributed by atoms with Crippen molar-refractivity contribution in [2.75, 3.05) is 29.0 Å². The lowest BCUT2D eigenvalue weighted by Gasteiger charge is -2.16. The number of carbonyl (C=O) groups is 3. The fourth-order valence-electron chi connectivity index (χ4n) is 4.24. The molecule has 1 atom stereocenters. The normalized spacial score (nSPS) is 16.1. The third-order valence-electron chi connectivity index (χ3n) is 6.39. The third-order valence-corrected chi connectivity index (χ3v) is 6.66. The van der Waals surface area contributed by atoms with Crippen LogP contribution >= 0.6 is 11.6 Å². The Morgan fingerprint density at radius 2 is 1.60 bits per heavy atom. The second-order valence-corrected chi connectivity index (χ2v) is 9.95. The summed E-state index contributed by atoms with van der Waals surface area (Å²) in [5, 5.41) is 13.4. The van der Waals surface area contributed by atoms with E-state index in [-0.39, 0.29) is 11.8 Å². The van der Waals surface area contributed by atoms with Crippen LogP contribution in [-0.4, -0.2) is 52.9 Å². The number of hydrogen-bond acceptors (Lipinski definition) is 8. The fraction of sp³-hybridized carbons (Fsp3) is 0.296. The van der Waals surface area contributed by atoms with E-state index >= 15 is 0 Å². The highest BCUT2D eigenvalue weighted by Gasteiger charge is 2.54. The van der Waals surface area contributed by atoms with Gasteiger partial charge in [0.1, 0.15) is 5.02 Å². The first-order chi connectivity index (χ1) is 20.2. The molecule has 16 heteroatoms. The second kappa shape index (κ2) is 13.0. The molecular formula is C27H23ClF6N6O3. The maximum Gasteiger partial charge on any atom is 0.458 e. The molecule has 2 aliphatic rings. The molecule has 4 N–H and O–H groups in total. The summed E-state index contributed by atoms with van der Waals surface area (Å²) >= 11 is 6.33. The van der Waals surface area contributed by atoms with Crippen LogP contribution in [-0.2, 0) is 27.2 Å². The number of amides is 1. The quantitative estimate of drug-likeness (QED) is 0.221. The van der Waals surface area contributed by atoms with Gasteiger partial charge in [-0.2, -0.15) is 31.3 Å². The lowest BCUT2D eigenvalue weighted by molar-refractivity contribution is -0.193. The smallest absolute Gasteiger partial charge is 0.339 e. The zero-order chi connectivity index (χ0) is 31.4. The van der Waals surface area contributed by atoms with Crippen LogP contribution < -0.4 is 21.3 Å². The molecule has 0 radical (unpaired) electrons. The van der Waals surface area contributed by atoms with Gasteiger partial charge in [0.2, 0.25) is 11.9 Å². The zero-order valence-corrected chi connectivity index (χ0v) is 22.8. The Kier molecular flexibility index (Phi) is 9.55. The minimum absolute atomic E-state index is 0.0146. The highest BCUT2D eigenvalue weighted by atomic mass is 35.5. The Balaban J connectivity index is 0.000000301. The van der Waals surface area contributed by atoms with E-state index in [2.05, 4.69) is 49.4 Å². The summed E-state index contributed by atoms with van der Waals surface area (Å²) in [5.41, 5.74) is 4.87. The van der Waals surface area contributed by atoms with Gasteiger partial charge in [-0.1, -0.05) is 23.7 Å². The Bertz CT molecular complexity index is 1500. The molecule has 0 aliphatic carbocycles. The Labute approximate surface area is 245 Å². The fourth-order valence-corrected chi connectivity index (χ4v) is 4.37. The van der Waals surface area contributed by atoms with Crippen LogP contribution in [0.3, 0.4) is 0 Å². The minimum Gasteiger partial charge on any atom is -0.339 e. The molecule has 1 amide bonds. The molecule has 0 saturated carbocycles. The molecule has 228 valence electrons. The first kappa shape index (κ1) is 31.7. The molecule has 1 saturated heterocycles. The number of ketones is 2. The third kappa shape index (κ3) is 8.41. The number of alkyl halides is 6. The van der Waals surface area contributed by atoms with Crippen LogP contribution in [0.4, 0.5) is 55.2 Å². The molecule has 1 fully saturated rings. The first-order valence-electron chi connectivity index (χ1n) is 12.7. The number of nitrogens with zero attached hydrogens (tertiary/aromatic N) is 2. The number of anilines is 5. The maximum absolute atomic E-state index is 12.7. The van der Waals surface area contributed by atoms with E-state index in [0.29, 0.717) is 16.8 Å². The molecule has 1 aromatic heterocycles. The molecule has 43 heavy (non-hydrogen) atoms. The Morgan fingerprint density at radius 3 is 2.26 bits per heavy atom. The van der Waals surface area contributed by atoms with Crippen LogP contribution in [0.15, 0.2) is 48.7 Å². The van der Waals surface area contributed by atoms with E-state index < -0.39 is 23.9 Å². The van der Waals surface area contributed by atoms with Crippen molar-refractivity contribution < 1.29 is 40.7 Å². The first-order valence-corrected chi connectivity index (χ1v) is 13.1. The van der Waals surface area contributed by atoms with Gasteiger partial charge in [0, 0.05) is 23.6 Å². The predicted molar refractivity (Wildman–Crippen MR) is 146 cm³/mol. The highest BCUT2D eigenvalue weighted by molar-refractivity contribution is 6.41. The van der Waals surface area contributed by atoms with Crippen molar-refractivity contribution in [3.63, 3.8) is 0 Å². The number of aromatic nitrogens is 2. The van der Waals surface area contributed by atoms with Crippen molar-refractivity contribution in [3.8, 4) is 0 Å². The summed E-state index contributed by atoms with van der Waals surface area (Å²) in [4.78, 5) is 40.7. The SMILES string of the molecule is O=C(C(=O)C(F)(F)F)C(F)(F)F.O=C(Nc1ccc2cc1CCc1cccc(c1)Nc1ncc(Cl)c(n1)N2)[C@@H]1CCNC1. The van der Waals surface area contributed by atoms with Gasteiger partial charge in [-0.3, -0.25) is 14.4 Å². The van der Waals surface area contributed by atoms with Crippen LogP contribution in [0.25, 0.3) is 0 Å². The molecule has 5 rings (SSSR count). The second-order valence-electron chi connectivity index (χ2n) is 9.55. The largest absolute Gasteiger partial charge is 0.458 e. The predicted octanol–water partition coefficient (Wildman–Crippen LogP) is 5.51. The summed E-state index contributed by atoms with van der Waals surface area (Å²) < 4.78 is 67.0. The number of Topliss-reactive ketones (excluding diaryl/α,β-unsaturated/α-hetero) is 2. The molecule has 3 aromatic rings. The van der Waals surface area contributed by atoms with Gasteiger partial charge < -0.3 is 21.3 Å². The van der Waals surface area contributed by atoms with Crippen molar-refractivity contribution in [1.29, 1.82) is 0 Å². The average molecular weight is 629 g/mol. The van der Waals surface area contributed by atoms with Crippen molar-refractivity contribution in [2.45, 2.75) is 31.6 Å². The van der Waals surface area contributed by atoms with Gasteiger partial charge in [0.15, 0.2) is 5.82 Å². The van der Waals surface area contributed by atoms with Gasteiger partial charge in [-0.15, -0.1) is 0 Å². The topological polar surface area (TPSA) is 125 Å². The van der Waals surface area contributed by atoms with E-state index in [9.17, 15) is 40.7 Å². The van der Waals surface area contributed by atoms with Gasteiger partial charge in [-0.05, 0) is 67.3 Å². The highest BCUT2D eigenvalue weighted by Crippen LogP contribution is 2.30. The summed E-state index contributed by atoms with van der Waals surface area (Å²) in [6.45, 7) is 1.62. The van der Waals surface area contributed by atoms with Crippen molar-refractivity contribution in [1.82, 2.24) is 15.3 Å². The Morgan fingerprint density at radius 1 is 0.907 bits per heavy atom. The van der Waals surface area contributed by atoms with Gasteiger partial charge >= 0.3 is 23.9 Å². The molecule has 9 nitrogen and oxygen atoms in total. The van der Waals surface area contributed by atoms with Gasteiger partial charge in [0.25, 0.3) is 0 Å². The van der Waals surface area contributed by atoms with Crippen LogP contribution in [0.5, 0.6) is 0 Å². The standard InChI is InChI=1S/C23H23ClN6O.C4F6O2/c24-19-13-26-23-28-17-3-1-2-14(10-17)4-5-15-11-18(27-21(19)30-23)6-7-20(15)29-22(31)16-8-9-25-12-16;5-3(6,7)1(11)2(12)4(8,9)10/h1-3,6-7,10-11,13,16,25H,4-5,8-9,12H2,(H,29,31)(H2,26,27,28,30);/t16-;/m1./s1. The van der Waals surface area contributed by atoms with E-state index in [1.54, 1.807) is 6.20 Å². The lowest BCUT2D eigenvalue weighted by atomic mass is 10.0. The summed E-state index contributed by atoms with van der Waals surface area (Å²) in [7, 11) is 0. The molecule has 0 unspecified atom stereocenters. The summed E-state index contributed by atoms with van der Waals surface area (Å²) in [6, 6.07) is 14.1. The minimum atomic E-state index is -5.77. The maximum atomic E-state index is 12.7. The number of nitrogens with one attached hydrogen (secondary N) is 4. The van der Waals surface area contributed by atoms with E-state index in [1.165, 1.54) is 5.56 Å². The van der Waals surface area contributed by atoms with Crippen molar-refractivity contribution in [3.05, 3.63) is 64.8 Å². The zero-order valence-electron chi connectivity index (χ0n) is 22.0. The number of halogens is 7. The average Bonchev–Trinajstić information content (AvgIpc) is 3.49. The van der Waals surface area contributed by atoms with E-state index in [0.717, 1.165) is 55.0 Å². The molecule has 6 bridgehead atoms. The summed E-state index contributed by atoms with van der Waals surface area (Å²) in [6.07, 6.45) is -7.47. The Hall–Kier alpha value is -4.24. The van der Waals surface area contributed by atoms with E-state index in [4.69, 9.17) is 11.6 Å². The van der Waals surface area contributed by atoms with Crippen LogP contribution in [0.1, 0.15) is 17.5 Å². The number of aryl methyl sites for hydroxylation is 2. The van der Waals surface area contributed by atoms with E-state index in [1.807, 2.05) is 24.3 Å². The number of carbonyl (C=O) groups excluding carboxylic acids is 3. The molecular weight excluding hydrogens is 606 g/mol. The van der Waals surface area contributed by atoms with Crippen molar-refractivity contribution in [2.24, 2.45) is 5.92 Å². The van der Waals surface area contributed by atoms with Crippen molar-refractivity contribution >= 4 is 57.9 Å².